The predicted octanol–water partition coefficient (Wildman–Crippen LogP) is 3.94. The Bertz CT molecular complexity index is 649. The fourth-order valence-corrected chi connectivity index (χ4v) is 3.21. The smallest absolute Gasteiger partial charge is 0.161 e. The van der Waals surface area contributed by atoms with Gasteiger partial charge in [-0.25, -0.2) is 0 Å². The number of carbonyl (C=O) groups is 1. The summed E-state index contributed by atoms with van der Waals surface area (Å²) in [6, 6.07) is 5.31. The summed E-state index contributed by atoms with van der Waals surface area (Å²) in [5.74, 6) is 0.591. The molecule has 0 radical (unpaired) electrons. The lowest BCUT2D eigenvalue weighted by atomic mass is 9.84. The van der Waals surface area contributed by atoms with Crippen LogP contribution >= 0.6 is 23.2 Å². The molecule has 1 aromatic rings. The number of Topliss-reactive ketones (excluding diaryl/α,β-unsaturated/α-hetero) is 1. The molecule has 2 aliphatic rings. The summed E-state index contributed by atoms with van der Waals surface area (Å²) < 4.78 is 0. The number of allylic oxidation sites excluding steroid dienone is 2. The Morgan fingerprint density at radius 3 is 2.85 bits per heavy atom. The quantitative estimate of drug-likeness (QED) is 0.853. The number of nitrogens with one attached hydrogen (secondary N) is 1. The Morgan fingerprint density at radius 1 is 1.30 bits per heavy atom. The van der Waals surface area contributed by atoms with Gasteiger partial charge >= 0.3 is 0 Å². The molecule has 0 unspecified atom stereocenters. The van der Waals surface area contributed by atoms with Gasteiger partial charge in [0.15, 0.2) is 5.78 Å². The van der Waals surface area contributed by atoms with E-state index in [0.29, 0.717) is 28.8 Å². The maximum atomic E-state index is 12.1. The van der Waals surface area contributed by atoms with Crippen LogP contribution < -0.4 is 5.43 Å². The van der Waals surface area contributed by atoms with Crippen LogP contribution in [0.2, 0.25) is 10.0 Å². The third-order valence-electron chi connectivity index (χ3n) is 3.70. The van der Waals surface area contributed by atoms with Crippen LogP contribution in [0.5, 0.6) is 0 Å². The largest absolute Gasteiger partial charge is 0.294 e. The molecule has 0 saturated heterocycles. The van der Waals surface area contributed by atoms with Crippen LogP contribution in [0.1, 0.15) is 31.7 Å². The van der Waals surface area contributed by atoms with Crippen LogP contribution in [0.3, 0.4) is 0 Å². The van der Waals surface area contributed by atoms with Crippen molar-refractivity contribution in [1.82, 2.24) is 5.43 Å². The standard InChI is InChI=1S/C15H14Cl2N2O/c1-8-4-13-11(15(20)5-8)7-14(19-18-13)10-3-2-9(16)6-12(10)17/h2-3,6,8,18H,4-5,7H2,1H3/t8-/m0/s1. The summed E-state index contributed by atoms with van der Waals surface area (Å²) in [5.41, 5.74) is 6.44. The highest BCUT2D eigenvalue weighted by molar-refractivity contribution is 6.37. The summed E-state index contributed by atoms with van der Waals surface area (Å²) in [5, 5.41) is 5.52. The number of benzene rings is 1. The van der Waals surface area contributed by atoms with Crippen LogP contribution in [0.25, 0.3) is 0 Å². The molecule has 0 amide bonds. The van der Waals surface area contributed by atoms with Crippen LogP contribution in [0.4, 0.5) is 0 Å². The second kappa shape index (κ2) is 5.23. The van der Waals surface area contributed by atoms with E-state index >= 15 is 0 Å². The van der Waals surface area contributed by atoms with Gasteiger partial charge in [-0.15, -0.1) is 0 Å². The van der Waals surface area contributed by atoms with Crippen LogP contribution in [0, 0.1) is 5.92 Å². The second-order valence-electron chi connectivity index (χ2n) is 5.36. The van der Waals surface area contributed by atoms with Crippen molar-refractivity contribution in [3.63, 3.8) is 0 Å². The van der Waals surface area contributed by atoms with E-state index in [2.05, 4.69) is 17.5 Å². The van der Waals surface area contributed by atoms with Crippen molar-refractivity contribution < 1.29 is 4.79 Å². The molecule has 3 rings (SSSR count). The Balaban J connectivity index is 1.91. The molecule has 3 nitrogen and oxygen atoms in total. The molecule has 5 heteroatoms. The highest BCUT2D eigenvalue weighted by Gasteiger charge is 2.29. The van der Waals surface area contributed by atoms with Crippen molar-refractivity contribution in [1.29, 1.82) is 0 Å². The molecule has 1 heterocycles. The zero-order valence-corrected chi connectivity index (χ0v) is 12.6. The Morgan fingerprint density at radius 2 is 2.10 bits per heavy atom. The van der Waals surface area contributed by atoms with E-state index < -0.39 is 0 Å². The van der Waals surface area contributed by atoms with Crippen molar-refractivity contribution >= 4 is 34.7 Å². The summed E-state index contributed by atoms with van der Waals surface area (Å²) in [7, 11) is 0. The van der Waals surface area contributed by atoms with Gasteiger partial charge in [-0.1, -0.05) is 36.2 Å². The molecule has 1 atom stereocenters. The van der Waals surface area contributed by atoms with Crippen molar-refractivity contribution in [2.75, 3.05) is 0 Å². The minimum Gasteiger partial charge on any atom is -0.294 e. The number of halogens is 2. The first-order valence-corrected chi connectivity index (χ1v) is 7.33. The number of hydrazone groups is 1. The molecular formula is C15H14Cl2N2O. The van der Waals surface area contributed by atoms with Crippen molar-refractivity contribution in [3.05, 3.63) is 45.1 Å². The maximum Gasteiger partial charge on any atom is 0.161 e. The molecule has 104 valence electrons. The van der Waals surface area contributed by atoms with Crippen LogP contribution in [0.15, 0.2) is 34.6 Å². The Hall–Kier alpha value is -1.32. The molecule has 1 aromatic carbocycles. The van der Waals surface area contributed by atoms with E-state index in [1.54, 1.807) is 12.1 Å². The highest BCUT2D eigenvalue weighted by atomic mass is 35.5. The first-order chi connectivity index (χ1) is 9.54. The molecule has 0 saturated carbocycles. The van der Waals surface area contributed by atoms with E-state index in [-0.39, 0.29) is 5.78 Å². The van der Waals surface area contributed by atoms with E-state index in [1.165, 1.54) is 0 Å². The third-order valence-corrected chi connectivity index (χ3v) is 4.25. The van der Waals surface area contributed by atoms with Crippen LogP contribution in [-0.4, -0.2) is 11.5 Å². The summed E-state index contributed by atoms with van der Waals surface area (Å²) in [4.78, 5) is 12.1. The fourth-order valence-electron chi connectivity index (χ4n) is 2.69. The molecule has 1 aliphatic carbocycles. The van der Waals surface area contributed by atoms with Gasteiger partial charge in [0.1, 0.15) is 0 Å². The lowest BCUT2D eigenvalue weighted by Crippen LogP contribution is -2.29. The minimum absolute atomic E-state index is 0.212. The van der Waals surface area contributed by atoms with Gasteiger partial charge in [0, 0.05) is 34.7 Å². The summed E-state index contributed by atoms with van der Waals surface area (Å²) >= 11 is 12.1. The molecule has 0 spiro atoms. The second-order valence-corrected chi connectivity index (χ2v) is 6.21. The maximum absolute atomic E-state index is 12.1. The first-order valence-electron chi connectivity index (χ1n) is 6.58. The lowest BCUT2D eigenvalue weighted by molar-refractivity contribution is -0.117. The predicted molar refractivity (Wildman–Crippen MR) is 81.2 cm³/mol. The molecule has 0 bridgehead atoms. The van der Waals surface area contributed by atoms with Gasteiger partial charge in [0.25, 0.3) is 0 Å². The number of hydrogen-bond donors (Lipinski definition) is 1. The number of rotatable bonds is 1. The molecule has 0 fully saturated rings. The fraction of sp³-hybridized carbons (Fsp3) is 0.333. The van der Waals surface area contributed by atoms with Gasteiger partial charge in [-0.3, -0.25) is 10.2 Å². The average Bonchev–Trinajstić information content (AvgIpc) is 2.38. The minimum atomic E-state index is 0.212. The zero-order valence-electron chi connectivity index (χ0n) is 11.0. The lowest BCUT2D eigenvalue weighted by Gasteiger charge is -2.27. The Kier molecular flexibility index (Phi) is 3.57. The Labute approximate surface area is 127 Å². The molecular weight excluding hydrogens is 295 g/mol. The third kappa shape index (κ3) is 2.48. The normalized spacial score (nSPS) is 22.2. The van der Waals surface area contributed by atoms with Gasteiger partial charge < -0.3 is 0 Å². The molecule has 0 aromatic heterocycles. The van der Waals surface area contributed by atoms with Gasteiger partial charge in [0.05, 0.1) is 10.7 Å². The van der Waals surface area contributed by atoms with E-state index in [9.17, 15) is 4.79 Å². The van der Waals surface area contributed by atoms with E-state index in [1.807, 2.05) is 6.07 Å². The van der Waals surface area contributed by atoms with Gasteiger partial charge in [0.2, 0.25) is 0 Å². The zero-order chi connectivity index (χ0) is 14.3. The van der Waals surface area contributed by atoms with Crippen molar-refractivity contribution in [2.24, 2.45) is 11.0 Å². The van der Waals surface area contributed by atoms with Crippen molar-refractivity contribution in [2.45, 2.75) is 26.2 Å². The average molecular weight is 309 g/mol. The molecule has 1 aliphatic heterocycles. The highest BCUT2D eigenvalue weighted by Crippen LogP contribution is 2.32. The van der Waals surface area contributed by atoms with Gasteiger partial charge in [-0.05, 0) is 24.5 Å². The van der Waals surface area contributed by atoms with Gasteiger partial charge in [-0.2, -0.15) is 5.10 Å². The number of hydrogen-bond acceptors (Lipinski definition) is 3. The number of carbonyl (C=O) groups excluding carboxylic acids is 1. The number of nitrogens with zero attached hydrogens (tertiary/aromatic N) is 1. The van der Waals surface area contributed by atoms with E-state index in [0.717, 1.165) is 29.0 Å². The number of ketones is 1. The summed E-state index contributed by atoms with van der Waals surface area (Å²) in [6.45, 7) is 2.08. The monoisotopic (exact) mass is 308 g/mol. The van der Waals surface area contributed by atoms with E-state index in [4.69, 9.17) is 23.2 Å². The molecule has 1 N–H and O–H groups in total. The molecule has 20 heavy (non-hydrogen) atoms. The van der Waals surface area contributed by atoms with Crippen molar-refractivity contribution in [3.8, 4) is 0 Å². The SMILES string of the molecule is C[C@@H]1CC(=O)C2=C(C1)NN=C(c1ccc(Cl)cc1Cl)C2. The summed E-state index contributed by atoms with van der Waals surface area (Å²) in [6.07, 6.45) is 2.03. The van der Waals surface area contributed by atoms with Crippen LogP contribution in [-0.2, 0) is 4.79 Å². The topological polar surface area (TPSA) is 41.5 Å². The first kappa shape index (κ1) is 13.7.